The molecule has 4 nitrogen and oxygen atoms in total. The van der Waals surface area contributed by atoms with E-state index in [1.54, 1.807) is 7.05 Å². The van der Waals surface area contributed by atoms with Crippen LogP contribution in [0.4, 0.5) is 0 Å². The zero-order chi connectivity index (χ0) is 8.72. The van der Waals surface area contributed by atoms with Gasteiger partial charge in [-0.1, -0.05) is 0 Å². The maximum absolute atomic E-state index is 11.3. The Morgan fingerprint density at radius 2 is 2.00 bits per heavy atom. The largest absolute Gasteiger partial charge is 0.294 e. The lowest BCUT2D eigenvalue weighted by Gasteiger charge is -2.08. The monoisotopic (exact) mass is 164 g/mol. The third-order valence-corrected chi connectivity index (χ3v) is 2.08. The van der Waals surface area contributed by atoms with Gasteiger partial charge in [0, 0.05) is 19.9 Å². The van der Waals surface area contributed by atoms with Gasteiger partial charge in [0.25, 0.3) is 0 Å². The van der Waals surface area contributed by atoms with Crippen LogP contribution in [0.25, 0.3) is 0 Å². The summed E-state index contributed by atoms with van der Waals surface area (Å²) in [6.45, 7) is 0. The predicted molar refractivity (Wildman–Crippen MR) is 41.1 cm³/mol. The number of aryl methyl sites for hydroxylation is 1. The zero-order valence-electron chi connectivity index (χ0n) is 6.70. The lowest BCUT2D eigenvalue weighted by molar-refractivity contribution is 0.0884. The average Bonchev–Trinajstić information content (AvgIpc) is 2.42. The van der Waals surface area contributed by atoms with Crippen LogP contribution in [0.1, 0.15) is 33.7 Å². The number of hydrogen-bond donors (Lipinski definition) is 0. The topological polar surface area (TPSA) is 52.0 Å². The van der Waals surface area contributed by atoms with Crippen molar-refractivity contribution in [2.24, 2.45) is 7.05 Å². The number of hydrogen-bond acceptors (Lipinski definition) is 3. The molecular weight excluding hydrogens is 156 g/mol. The van der Waals surface area contributed by atoms with Gasteiger partial charge in [-0.15, -0.1) is 0 Å². The molecule has 0 unspecified atom stereocenters. The number of carbonyl (C=O) groups is 2. The van der Waals surface area contributed by atoms with Crippen LogP contribution in [0.15, 0.2) is 6.20 Å². The molecule has 1 aromatic heterocycles. The van der Waals surface area contributed by atoms with E-state index in [9.17, 15) is 9.59 Å². The standard InChI is InChI=1S/C8H8N2O2/c1-10-8-5(4-9-10)6(11)2-3-7(8)12/h4H,2-3H2,1H3. The molecule has 1 aliphatic carbocycles. The van der Waals surface area contributed by atoms with Gasteiger partial charge in [-0.3, -0.25) is 14.3 Å². The summed E-state index contributed by atoms with van der Waals surface area (Å²) >= 11 is 0. The first-order chi connectivity index (χ1) is 5.70. The van der Waals surface area contributed by atoms with Gasteiger partial charge in [-0.25, -0.2) is 0 Å². The third kappa shape index (κ3) is 0.809. The fourth-order valence-corrected chi connectivity index (χ4v) is 1.45. The van der Waals surface area contributed by atoms with Gasteiger partial charge in [-0.2, -0.15) is 5.10 Å². The van der Waals surface area contributed by atoms with Crippen molar-refractivity contribution in [1.82, 2.24) is 9.78 Å². The fraction of sp³-hybridized carbons (Fsp3) is 0.375. The molecule has 1 aliphatic rings. The number of fused-ring (bicyclic) bond motifs is 1. The van der Waals surface area contributed by atoms with Crippen molar-refractivity contribution in [3.05, 3.63) is 17.5 Å². The van der Waals surface area contributed by atoms with E-state index in [0.29, 0.717) is 24.1 Å². The Hall–Kier alpha value is -1.45. The van der Waals surface area contributed by atoms with Crippen molar-refractivity contribution >= 4 is 11.6 Å². The predicted octanol–water partition coefficient (Wildman–Crippen LogP) is 0.579. The van der Waals surface area contributed by atoms with E-state index in [1.807, 2.05) is 0 Å². The Morgan fingerprint density at radius 3 is 2.67 bits per heavy atom. The van der Waals surface area contributed by atoms with Crippen molar-refractivity contribution in [3.63, 3.8) is 0 Å². The molecule has 0 atom stereocenters. The second-order valence-corrected chi connectivity index (χ2v) is 2.88. The Balaban J connectivity index is 2.65. The molecule has 0 aliphatic heterocycles. The highest BCUT2D eigenvalue weighted by atomic mass is 16.1. The SMILES string of the molecule is Cn1ncc2c1C(=O)CCC2=O. The molecule has 1 aromatic rings. The van der Waals surface area contributed by atoms with Crippen LogP contribution in [0.5, 0.6) is 0 Å². The van der Waals surface area contributed by atoms with Crippen LogP contribution in [-0.2, 0) is 7.05 Å². The Kier molecular flexibility index (Phi) is 1.36. The first-order valence-electron chi connectivity index (χ1n) is 3.78. The first-order valence-corrected chi connectivity index (χ1v) is 3.78. The van der Waals surface area contributed by atoms with Crippen LogP contribution in [0, 0.1) is 0 Å². The molecule has 0 amide bonds. The molecule has 2 rings (SSSR count). The van der Waals surface area contributed by atoms with Crippen molar-refractivity contribution in [1.29, 1.82) is 0 Å². The average molecular weight is 164 g/mol. The molecule has 0 aromatic carbocycles. The second kappa shape index (κ2) is 2.27. The maximum atomic E-state index is 11.3. The summed E-state index contributed by atoms with van der Waals surface area (Å²) in [4.78, 5) is 22.5. The van der Waals surface area contributed by atoms with Crippen LogP contribution in [0.3, 0.4) is 0 Å². The van der Waals surface area contributed by atoms with E-state index in [4.69, 9.17) is 0 Å². The van der Waals surface area contributed by atoms with Crippen LogP contribution in [0.2, 0.25) is 0 Å². The highest BCUT2D eigenvalue weighted by Crippen LogP contribution is 2.19. The summed E-state index contributed by atoms with van der Waals surface area (Å²) in [6.07, 6.45) is 2.12. The van der Waals surface area contributed by atoms with E-state index < -0.39 is 0 Å². The van der Waals surface area contributed by atoms with E-state index in [2.05, 4.69) is 5.10 Å². The second-order valence-electron chi connectivity index (χ2n) is 2.88. The van der Waals surface area contributed by atoms with Crippen LogP contribution >= 0.6 is 0 Å². The molecule has 0 spiro atoms. The maximum Gasteiger partial charge on any atom is 0.182 e. The molecule has 0 N–H and O–H groups in total. The van der Waals surface area contributed by atoms with Gasteiger partial charge in [0.15, 0.2) is 11.6 Å². The molecule has 62 valence electrons. The van der Waals surface area contributed by atoms with Crippen molar-refractivity contribution < 1.29 is 9.59 Å². The molecule has 0 bridgehead atoms. The van der Waals surface area contributed by atoms with Crippen molar-refractivity contribution in [2.75, 3.05) is 0 Å². The minimum absolute atomic E-state index is 0.0181. The van der Waals surface area contributed by atoms with Gasteiger partial charge < -0.3 is 0 Å². The molecule has 0 radical (unpaired) electrons. The summed E-state index contributed by atoms with van der Waals surface area (Å²) in [5, 5.41) is 3.87. The molecule has 0 saturated heterocycles. The Bertz CT molecular complexity index is 365. The number of carbonyl (C=O) groups excluding carboxylic acids is 2. The van der Waals surface area contributed by atoms with Gasteiger partial charge in [0.05, 0.1) is 11.8 Å². The molecule has 4 heteroatoms. The summed E-state index contributed by atoms with van der Waals surface area (Å²) in [7, 11) is 1.68. The third-order valence-electron chi connectivity index (χ3n) is 2.08. The lowest BCUT2D eigenvalue weighted by atomic mass is 9.96. The summed E-state index contributed by atoms with van der Waals surface area (Å²) in [5.41, 5.74) is 0.944. The minimum atomic E-state index is 0.0181. The Morgan fingerprint density at radius 1 is 1.33 bits per heavy atom. The molecule has 0 saturated carbocycles. The summed E-state index contributed by atoms with van der Waals surface area (Å²) < 4.78 is 1.47. The number of nitrogens with zero attached hydrogens (tertiary/aromatic N) is 2. The van der Waals surface area contributed by atoms with Gasteiger partial charge in [0.1, 0.15) is 5.69 Å². The fourth-order valence-electron chi connectivity index (χ4n) is 1.45. The molecular formula is C8H8N2O2. The lowest BCUT2D eigenvalue weighted by Crippen LogP contribution is -2.18. The molecule has 12 heavy (non-hydrogen) atoms. The van der Waals surface area contributed by atoms with E-state index in [-0.39, 0.29) is 11.6 Å². The highest BCUT2D eigenvalue weighted by molar-refractivity contribution is 6.12. The van der Waals surface area contributed by atoms with Crippen LogP contribution in [-0.4, -0.2) is 21.3 Å². The molecule has 1 heterocycles. The Labute approximate surface area is 69.2 Å². The van der Waals surface area contributed by atoms with Gasteiger partial charge >= 0.3 is 0 Å². The normalized spacial score (nSPS) is 16.4. The smallest absolute Gasteiger partial charge is 0.182 e. The van der Waals surface area contributed by atoms with Gasteiger partial charge in [0.2, 0.25) is 0 Å². The van der Waals surface area contributed by atoms with Crippen molar-refractivity contribution in [3.8, 4) is 0 Å². The first kappa shape index (κ1) is 7.21. The molecule has 0 fully saturated rings. The minimum Gasteiger partial charge on any atom is -0.294 e. The highest BCUT2D eigenvalue weighted by Gasteiger charge is 2.26. The zero-order valence-corrected chi connectivity index (χ0v) is 6.70. The number of Topliss-reactive ketones (excluding diaryl/α,β-unsaturated/α-hetero) is 2. The quantitative estimate of drug-likeness (QED) is 0.563. The summed E-state index contributed by atoms with van der Waals surface area (Å²) in [5.74, 6) is 0.0438. The number of ketones is 2. The van der Waals surface area contributed by atoms with E-state index in [1.165, 1.54) is 10.9 Å². The van der Waals surface area contributed by atoms with Crippen molar-refractivity contribution in [2.45, 2.75) is 12.8 Å². The van der Waals surface area contributed by atoms with Gasteiger partial charge in [-0.05, 0) is 0 Å². The van der Waals surface area contributed by atoms with Crippen LogP contribution < -0.4 is 0 Å². The number of aromatic nitrogens is 2. The van der Waals surface area contributed by atoms with E-state index in [0.717, 1.165) is 0 Å². The summed E-state index contributed by atoms with van der Waals surface area (Å²) in [6, 6.07) is 0. The number of rotatable bonds is 0. The van der Waals surface area contributed by atoms with E-state index >= 15 is 0 Å².